The number of benzene rings is 5. The molecular weight excluding hydrogens is 552 g/mol. The molecule has 44 heavy (non-hydrogen) atoms. The van der Waals surface area contributed by atoms with Crippen LogP contribution >= 0.6 is 0 Å². The van der Waals surface area contributed by atoms with E-state index in [-0.39, 0.29) is 41.4 Å². The summed E-state index contributed by atoms with van der Waals surface area (Å²) in [6, 6.07) is 15.1. The summed E-state index contributed by atoms with van der Waals surface area (Å²) in [5, 5.41) is 28.0. The van der Waals surface area contributed by atoms with Crippen molar-refractivity contribution in [3.05, 3.63) is 76.4 Å². The summed E-state index contributed by atoms with van der Waals surface area (Å²) in [6.45, 7) is 6.78. The van der Waals surface area contributed by atoms with Crippen LogP contribution in [0.2, 0.25) is 0 Å². The molecular formula is C37H34N2O5. The number of carbonyl (C=O) groups excluding carboxylic acids is 3. The van der Waals surface area contributed by atoms with Gasteiger partial charge in [-0.25, -0.2) is 0 Å². The molecule has 7 heteroatoms. The van der Waals surface area contributed by atoms with Gasteiger partial charge in [-0.1, -0.05) is 45.0 Å². The molecule has 0 spiro atoms. The molecule has 8 rings (SSSR count). The van der Waals surface area contributed by atoms with Gasteiger partial charge in [-0.05, 0) is 99.1 Å². The fourth-order valence-corrected chi connectivity index (χ4v) is 9.09. The van der Waals surface area contributed by atoms with E-state index in [1.165, 1.54) is 0 Å². The van der Waals surface area contributed by atoms with E-state index in [2.05, 4.69) is 20.8 Å². The van der Waals surface area contributed by atoms with Crippen molar-refractivity contribution in [2.75, 3.05) is 19.7 Å². The maximum absolute atomic E-state index is 14.3. The van der Waals surface area contributed by atoms with Crippen LogP contribution in [0.4, 0.5) is 0 Å². The normalized spacial score (nSPS) is 23.2. The van der Waals surface area contributed by atoms with Crippen LogP contribution in [0.3, 0.4) is 0 Å². The van der Waals surface area contributed by atoms with Crippen LogP contribution in [0.1, 0.15) is 76.7 Å². The number of hydrogen-bond donors (Lipinski definition) is 3. The van der Waals surface area contributed by atoms with Gasteiger partial charge in [0.2, 0.25) is 0 Å². The first kappa shape index (κ1) is 27.2. The lowest BCUT2D eigenvalue weighted by atomic mass is 9.58. The Morgan fingerprint density at radius 3 is 1.77 bits per heavy atom. The number of β-amino-alcohol motifs (C(OH)–C–C–N with tert-alkyl or cyclic N) is 1. The zero-order valence-electron chi connectivity index (χ0n) is 25.1. The van der Waals surface area contributed by atoms with Crippen molar-refractivity contribution in [3.8, 4) is 0 Å². The molecule has 1 aliphatic heterocycles. The Kier molecular flexibility index (Phi) is 5.49. The van der Waals surface area contributed by atoms with Crippen molar-refractivity contribution in [2.45, 2.75) is 40.0 Å². The number of fused-ring (bicyclic) bond motifs is 2. The first-order chi connectivity index (χ1) is 21.0. The Balaban J connectivity index is 1.40. The number of carbonyl (C=O) groups is 3. The quantitative estimate of drug-likeness (QED) is 0.124. The van der Waals surface area contributed by atoms with E-state index in [0.717, 1.165) is 61.9 Å². The van der Waals surface area contributed by atoms with E-state index < -0.39 is 11.8 Å². The number of rotatable bonds is 4. The van der Waals surface area contributed by atoms with Crippen molar-refractivity contribution in [1.29, 1.82) is 0 Å². The number of Topliss-reactive ketones (excluding diaryl/α,β-unsaturated/α-hetero) is 1. The number of imide groups is 1. The highest BCUT2D eigenvalue weighted by Crippen LogP contribution is 2.54. The number of nitrogens with zero attached hydrogens (tertiary/aromatic N) is 1. The molecule has 4 N–H and O–H groups in total. The SMILES string of the molecule is CC1(C)CC(C2=C(O)c3ccc4c5ccc6c7c(ccc(c8ccc(c3c84)C2=O)c75)C(=O)N(CCO)C6=O)CC(C)(CN)C1. The molecule has 0 saturated heterocycles. The smallest absolute Gasteiger partial charge is 0.261 e. The van der Waals surface area contributed by atoms with Gasteiger partial charge in [0.15, 0.2) is 5.78 Å². The second-order valence-corrected chi connectivity index (χ2v) is 14.2. The number of nitrogens with two attached hydrogens (primary N) is 1. The summed E-state index contributed by atoms with van der Waals surface area (Å²) in [6.07, 6.45) is 2.52. The summed E-state index contributed by atoms with van der Waals surface area (Å²) in [7, 11) is 0. The van der Waals surface area contributed by atoms with Crippen LogP contribution in [-0.4, -0.2) is 52.4 Å². The first-order valence-electron chi connectivity index (χ1n) is 15.3. The zero-order chi connectivity index (χ0) is 30.9. The highest BCUT2D eigenvalue weighted by Gasteiger charge is 2.45. The fourth-order valence-electron chi connectivity index (χ4n) is 9.09. The Morgan fingerprint density at radius 2 is 1.25 bits per heavy atom. The van der Waals surface area contributed by atoms with Crippen LogP contribution in [-0.2, 0) is 0 Å². The molecule has 2 amide bonds. The van der Waals surface area contributed by atoms with Gasteiger partial charge in [0.05, 0.1) is 13.2 Å². The van der Waals surface area contributed by atoms with Crippen LogP contribution in [0.25, 0.3) is 48.8 Å². The minimum Gasteiger partial charge on any atom is -0.507 e. The highest BCUT2D eigenvalue weighted by molar-refractivity contribution is 6.40. The molecule has 7 nitrogen and oxygen atoms in total. The summed E-state index contributed by atoms with van der Waals surface area (Å²) in [4.78, 5) is 42.1. The van der Waals surface area contributed by atoms with E-state index in [1.807, 2.05) is 36.4 Å². The molecule has 0 bridgehead atoms. The number of ketones is 1. The van der Waals surface area contributed by atoms with Crippen molar-refractivity contribution >= 4 is 66.4 Å². The van der Waals surface area contributed by atoms with Gasteiger partial charge in [-0.15, -0.1) is 0 Å². The van der Waals surface area contributed by atoms with E-state index in [9.17, 15) is 24.6 Å². The van der Waals surface area contributed by atoms with E-state index in [1.54, 1.807) is 12.1 Å². The molecule has 2 unspecified atom stereocenters. The predicted molar refractivity (Wildman–Crippen MR) is 172 cm³/mol. The fraction of sp³-hybridized carbons (Fsp3) is 0.324. The number of hydrogen-bond acceptors (Lipinski definition) is 6. The van der Waals surface area contributed by atoms with Crippen LogP contribution < -0.4 is 5.73 Å². The van der Waals surface area contributed by atoms with Crippen molar-refractivity contribution < 1.29 is 24.6 Å². The molecule has 0 aromatic heterocycles. The maximum atomic E-state index is 14.3. The lowest BCUT2D eigenvalue weighted by molar-refractivity contribution is 0.0579. The highest BCUT2D eigenvalue weighted by atomic mass is 16.3. The predicted octanol–water partition coefficient (Wildman–Crippen LogP) is 6.58. The number of aliphatic hydroxyl groups excluding tert-OH is 2. The summed E-state index contributed by atoms with van der Waals surface area (Å²) >= 11 is 0. The molecule has 3 aliphatic rings. The lowest BCUT2D eigenvalue weighted by Gasteiger charge is -2.47. The van der Waals surface area contributed by atoms with E-state index in [0.29, 0.717) is 39.8 Å². The van der Waals surface area contributed by atoms with Gasteiger partial charge in [0.1, 0.15) is 5.76 Å². The third-order valence-corrected chi connectivity index (χ3v) is 10.5. The Hall–Kier alpha value is -4.33. The Morgan fingerprint density at radius 1 is 0.750 bits per heavy atom. The average molecular weight is 587 g/mol. The third-order valence-electron chi connectivity index (χ3n) is 10.5. The van der Waals surface area contributed by atoms with Gasteiger partial charge in [0, 0.05) is 38.6 Å². The number of aliphatic hydroxyl groups is 2. The molecule has 2 aliphatic carbocycles. The molecule has 222 valence electrons. The van der Waals surface area contributed by atoms with Crippen LogP contribution in [0.5, 0.6) is 0 Å². The monoisotopic (exact) mass is 586 g/mol. The molecule has 5 aromatic carbocycles. The van der Waals surface area contributed by atoms with Crippen molar-refractivity contribution in [3.63, 3.8) is 0 Å². The summed E-state index contributed by atoms with van der Waals surface area (Å²) in [5.74, 6) is -1.00. The lowest BCUT2D eigenvalue weighted by Crippen LogP contribution is -2.42. The summed E-state index contributed by atoms with van der Waals surface area (Å²) in [5.41, 5.74) is 8.71. The molecule has 0 radical (unpaired) electrons. The van der Waals surface area contributed by atoms with Gasteiger partial charge >= 0.3 is 0 Å². The Labute approximate surface area is 254 Å². The molecule has 2 atom stereocenters. The standard InChI is InChI=1S/C37H34N2O5/c1-36(2)14-18(15-37(3,16-36)17-38)27-32(41)23-8-4-19-21-6-10-25-31-26(35(44)39(12-13-40)34(25)43)11-7-22(29(21)31)20-5-9-24(33(27)42)30(23)28(19)20/h4-11,18,40-41H,12-17,38H2,1-3H3. The van der Waals surface area contributed by atoms with E-state index >= 15 is 0 Å². The zero-order valence-corrected chi connectivity index (χ0v) is 25.1. The first-order valence-corrected chi connectivity index (χ1v) is 15.3. The topological polar surface area (TPSA) is 121 Å². The van der Waals surface area contributed by atoms with Crippen molar-refractivity contribution in [1.82, 2.24) is 4.90 Å². The number of amides is 2. The van der Waals surface area contributed by atoms with Gasteiger partial charge in [0.25, 0.3) is 11.8 Å². The molecule has 1 saturated carbocycles. The van der Waals surface area contributed by atoms with Gasteiger partial charge < -0.3 is 15.9 Å². The van der Waals surface area contributed by atoms with Crippen molar-refractivity contribution in [2.24, 2.45) is 22.5 Å². The van der Waals surface area contributed by atoms with Gasteiger partial charge in [-0.3, -0.25) is 19.3 Å². The van der Waals surface area contributed by atoms with Crippen LogP contribution in [0.15, 0.2) is 54.1 Å². The second kappa shape index (κ2) is 8.87. The minimum atomic E-state index is -0.416. The van der Waals surface area contributed by atoms with Gasteiger partial charge in [-0.2, -0.15) is 0 Å². The van der Waals surface area contributed by atoms with E-state index in [4.69, 9.17) is 5.73 Å². The largest absolute Gasteiger partial charge is 0.507 e. The second-order valence-electron chi connectivity index (χ2n) is 14.2. The third kappa shape index (κ3) is 3.42. The maximum Gasteiger partial charge on any atom is 0.261 e. The average Bonchev–Trinajstić information content (AvgIpc) is 2.99. The molecule has 5 aromatic rings. The Bertz CT molecular complexity index is 2110. The molecule has 1 heterocycles. The summed E-state index contributed by atoms with van der Waals surface area (Å²) < 4.78 is 0. The van der Waals surface area contributed by atoms with Crippen LogP contribution in [0, 0.1) is 16.7 Å². The number of allylic oxidation sites excluding steroid dienone is 1. The minimum absolute atomic E-state index is 0.0185. The molecule has 1 fully saturated rings.